The van der Waals surface area contributed by atoms with Gasteiger partial charge in [0, 0.05) is 19.1 Å². The second-order valence-electron chi connectivity index (χ2n) is 3.03. The molecular weight excluding hydrogens is 188 g/mol. The van der Waals surface area contributed by atoms with E-state index in [9.17, 15) is 5.11 Å². The molecule has 0 aromatic carbocycles. The van der Waals surface area contributed by atoms with Crippen LogP contribution in [-0.2, 0) is 4.74 Å². The summed E-state index contributed by atoms with van der Waals surface area (Å²) in [5.74, 6) is 0.156. The molecule has 0 aliphatic carbocycles. The zero-order chi connectivity index (χ0) is 9.68. The van der Waals surface area contributed by atoms with E-state index in [4.69, 9.17) is 4.74 Å². The van der Waals surface area contributed by atoms with Gasteiger partial charge in [0.05, 0.1) is 0 Å². The number of aliphatic hydroxyl groups excluding tert-OH is 1. The molecule has 2 unspecified atom stereocenters. The maximum absolute atomic E-state index is 9.75. The van der Waals surface area contributed by atoms with Gasteiger partial charge in [-0.15, -0.1) is 5.10 Å². The Kier molecular flexibility index (Phi) is 4.27. The third-order valence-electron chi connectivity index (χ3n) is 2.00. The summed E-state index contributed by atoms with van der Waals surface area (Å²) < 4.78 is 8.64. The van der Waals surface area contributed by atoms with Crippen LogP contribution < -0.4 is 0 Å². The number of aromatic nitrogens is 2. The molecule has 1 rings (SSSR count). The SMILES string of the molecule is COCCC(C)C(O)c1csnn1. The lowest BCUT2D eigenvalue weighted by Gasteiger charge is -2.15. The van der Waals surface area contributed by atoms with E-state index in [1.807, 2.05) is 6.92 Å². The Morgan fingerprint density at radius 2 is 2.46 bits per heavy atom. The molecule has 0 saturated heterocycles. The highest BCUT2D eigenvalue weighted by atomic mass is 32.1. The lowest BCUT2D eigenvalue weighted by molar-refractivity contribution is 0.0854. The Balaban J connectivity index is 2.43. The van der Waals surface area contributed by atoms with Gasteiger partial charge in [0.15, 0.2) is 0 Å². The fourth-order valence-corrected chi connectivity index (χ4v) is 1.54. The maximum atomic E-state index is 9.75. The molecule has 0 saturated carbocycles. The van der Waals surface area contributed by atoms with E-state index in [1.54, 1.807) is 12.5 Å². The van der Waals surface area contributed by atoms with Crippen LogP contribution in [0, 0.1) is 5.92 Å². The van der Waals surface area contributed by atoms with Gasteiger partial charge in [-0.25, -0.2) is 0 Å². The number of hydrogen-bond donors (Lipinski definition) is 1. The maximum Gasteiger partial charge on any atom is 0.104 e. The van der Waals surface area contributed by atoms with Crippen molar-refractivity contribution in [3.8, 4) is 0 Å². The lowest BCUT2D eigenvalue weighted by atomic mass is 10.00. The molecule has 0 radical (unpaired) electrons. The largest absolute Gasteiger partial charge is 0.386 e. The Labute approximate surface area is 81.7 Å². The normalized spacial score (nSPS) is 15.6. The second-order valence-corrected chi connectivity index (χ2v) is 3.64. The van der Waals surface area contributed by atoms with Gasteiger partial charge in [0.1, 0.15) is 11.8 Å². The summed E-state index contributed by atoms with van der Waals surface area (Å²) in [6.45, 7) is 2.64. The fraction of sp³-hybridized carbons (Fsp3) is 0.750. The smallest absolute Gasteiger partial charge is 0.104 e. The molecule has 5 heteroatoms. The van der Waals surface area contributed by atoms with Crippen molar-refractivity contribution in [2.75, 3.05) is 13.7 Å². The van der Waals surface area contributed by atoms with Crippen LogP contribution in [0.3, 0.4) is 0 Å². The fourth-order valence-electron chi connectivity index (χ4n) is 1.05. The molecule has 0 amide bonds. The molecule has 13 heavy (non-hydrogen) atoms. The van der Waals surface area contributed by atoms with Crippen LogP contribution in [0.1, 0.15) is 25.1 Å². The van der Waals surface area contributed by atoms with E-state index in [0.717, 1.165) is 6.42 Å². The average molecular weight is 202 g/mol. The van der Waals surface area contributed by atoms with Crippen molar-refractivity contribution in [1.29, 1.82) is 0 Å². The van der Waals surface area contributed by atoms with Crippen LogP contribution in [0.5, 0.6) is 0 Å². The topological polar surface area (TPSA) is 55.2 Å². The van der Waals surface area contributed by atoms with Crippen LogP contribution in [0.4, 0.5) is 0 Å². The summed E-state index contributed by atoms with van der Waals surface area (Å²) in [7, 11) is 1.66. The Hall–Kier alpha value is -0.520. The van der Waals surface area contributed by atoms with Crippen molar-refractivity contribution in [1.82, 2.24) is 9.59 Å². The average Bonchev–Trinajstić information content (AvgIpc) is 2.65. The van der Waals surface area contributed by atoms with E-state index < -0.39 is 6.10 Å². The first-order valence-electron chi connectivity index (χ1n) is 4.19. The minimum absolute atomic E-state index is 0.156. The minimum Gasteiger partial charge on any atom is -0.386 e. The molecule has 1 N–H and O–H groups in total. The monoisotopic (exact) mass is 202 g/mol. The molecule has 0 aliphatic heterocycles. The molecule has 1 aromatic rings. The van der Waals surface area contributed by atoms with Crippen molar-refractivity contribution in [2.24, 2.45) is 5.92 Å². The summed E-state index contributed by atoms with van der Waals surface area (Å²) in [4.78, 5) is 0. The first-order chi connectivity index (χ1) is 6.25. The first kappa shape index (κ1) is 10.6. The Morgan fingerprint density at radius 3 is 3.00 bits per heavy atom. The zero-order valence-corrected chi connectivity index (χ0v) is 8.62. The van der Waals surface area contributed by atoms with Gasteiger partial charge in [-0.05, 0) is 23.9 Å². The van der Waals surface area contributed by atoms with Crippen molar-refractivity contribution in [3.05, 3.63) is 11.1 Å². The van der Waals surface area contributed by atoms with E-state index in [1.165, 1.54) is 11.5 Å². The number of rotatable bonds is 5. The molecule has 0 bridgehead atoms. The summed E-state index contributed by atoms with van der Waals surface area (Å²) in [5.41, 5.74) is 0.661. The number of methoxy groups -OCH3 is 1. The minimum atomic E-state index is -0.520. The summed E-state index contributed by atoms with van der Waals surface area (Å²) >= 11 is 1.26. The van der Waals surface area contributed by atoms with Crippen molar-refractivity contribution in [3.63, 3.8) is 0 Å². The highest BCUT2D eigenvalue weighted by Gasteiger charge is 2.18. The van der Waals surface area contributed by atoms with E-state index >= 15 is 0 Å². The lowest BCUT2D eigenvalue weighted by Crippen LogP contribution is -2.11. The van der Waals surface area contributed by atoms with Gasteiger partial charge in [0.2, 0.25) is 0 Å². The molecule has 4 nitrogen and oxygen atoms in total. The van der Waals surface area contributed by atoms with E-state index in [0.29, 0.717) is 12.3 Å². The van der Waals surface area contributed by atoms with Gasteiger partial charge in [-0.1, -0.05) is 11.4 Å². The summed E-state index contributed by atoms with van der Waals surface area (Å²) in [5, 5.41) is 15.3. The van der Waals surface area contributed by atoms with Crippen molar-refractivity contribution in [2.45, 2.75) is 19.4 Å². The predicted octanol–water partition coefficient (Wildman–Crippen LogP) is 1.24. The number of hydrogen-bond acceptors (Lipinski definition) is 5. The number of nitrogens with zero attached hydrogens (tertiary/aromatic N) is 2. The van der Waals surface area contributed by atoms with Crippen LogP contribution in [0.15, 0.2) is 5.38 Å². The van der Waals surface area contributed by atoms with Crippen LogP contribution in [-0.4, -0.2) is 28.4 Å². The van der Waals surface area contributed by atoms with Gasteiger partial charge in [0.25, 0.3) is 0 Å². The van der Waals surface area contributed by atoms with Gasteiger partial charge in [-0.2, -0.15) is 0 Å². The summed E-state index contributed by atoms with van der Waals surface area (Å²) in [6, 6.07) is 0. The predicted molar refractivity (Wildman–Crippen MR) is 50.5 cm³/mol. The van der Waals surface area contributed by atoms with Crippen molar-refractivity contribution < 1.29 is 9.84 Å². The zero-order valence-electron chi connectivity index (χ0n) is 7.80. The second kappa shape index (κ2) is 5.26. The highest BCUT2D eigenvalue weighted by Crippen LogP contribution is 2.22. The van der Waals surface area contributed by atoms with Crippen LogP contribution in [0.2, 0.25) is 0 Å². The highest BCUT2D eigenvalue weighted by molar-refractivity contribution is 7.03. The van der Waals surface area contributed by atoms with Gasteiger partial charge in [-0.3, -0.25) is 0 Å². The Bertz CT molecular complexity index is 228. The molecule has 1 heterocycles. The molecule has 2 atom stereocenters. The third kappa shape index (κ3) is 3.02. The molecule has 1 aromatic heterocycles. The summed E-state index contributed by atoms with van der Waals surface area (Å²) in [6.07, 6.45) is 0.309. The van der Waals surface area contributed by atoms with Gasteiger partial charge >= 0.3 is 0 Å². The standard InChI is InChI=1S/C8H14N2O2S/c1-6(3-4-12-2)8(11)7-5-13-10-9-7/h5-6,8,11H,3-4H2,1-2H3. The Morgan fingerprint density at radius 1 is 1.69 bits per heavy atom. The third-order valence-corrected chi connectivity index (χ3v) is 2.52. The van der Waals surface area contributed by atoms with Crippen LogP contribution >= 0.6 is 11.5 Å². The quantitative estimate of drug-likeness (QED) is 0.780. The number of aliphatic hydroxyl groups is 1. The van der Waals surface area contributed by atoms with E-state index in [-0.39, 0.29) is 5.92 Å². The molecular formula is C8H14N2O2S. The molecule has 74 valence electrons. The van der Waals surface area contributed by atoms with Gasteiger partial charge < -0.3 is 9.84 Å². The van der Waals surface area contributed by atoms with Crippen molar-refractivity contribution >= 4 is 11.5 Å². The van der Waals surface area contributed by atoms with Crippen LogP contribution in [0.25, 0.3) is 0 Å². The molecule has 0 aliphatic rings. The molecule has 0 spiro atoms. The number of ether oxygens (including phenoxy) is 1. The molecule has 0 fully saturated rings. The first-order valence-corrected chi connectivity index (χ1v) is 5.03. The van der Waals surface area contributed by atoms with E-state index in [2.05, 4.69) is 9.59 Å².